The number of halogens is 1. The fraction of sp³-hybridized carbons (Fsp3) is 0.647. The van der Waals surface area contributed by atoms with Gasteiger partial charge >= 0.3 is 0 Å². The molecule has 1 atom stereocenters. The summed E-state index contributed by atoms with van der Waals surface area (Å²) >= 11 is 2.03. The molecule has 2 rings (SSSR count). The molecule has 0 radical (unpaired) electrons. The van der Waals surface area contributed by atoms with E-state index in [1.165, 1.54) is 32.1 Å². The lowest BCUT2D eigenvalue weighted by Crippen LogP contribution is -2.26. The van der Waals surface area contributed by atoms with E-state index in [4.69, 9.17) is 0 Å². The number of hydrogen-bond acceptors (Lipinski definition) is 2. The van der Waals surface area contributed by atoms with Gasteiger partial charge in [-0.15, -0.1) is 0 Å². The fourth-order valence-electron chi connectivity index (χ4n) is 2.80. The van der Waals surface area contributed by atoms with E-state index in [0.29, 0.717) is 0 Å². The first-order valence-electron chi connectivity index (χ1n) is 7.90. The van der Waals surface area contributed by atoms with Crippen LogP contribution in [-0.2, 0) is 0 Å². The monoisotopic (exact) mass is 295 g/mol. The summed E-state index contributed by atoms with van der Waals surface area (Å²) in [6.07, 6.45) is 7.88. The predicted octanol–water partition coefficient (Wildman–Crippen LogP) is 4.93. The SMILES string of the molecule is CCCNC(CSC1CCCCC1)c1ccccc1F. The van der Waals surface area contributed by atoms with Gasteiger partial charge in [-0.05, 0) is 31.9 Å². The minimum absolute atomic E-state index is 0.0784. The third-order valence-electron chi connectivity index (χ3n) is 3.97. The van der Waals surface area contributed by atoms with Gasteiger partial charge in [0, 0.05) is 22.6 Å². The largest absolute Gasteiger partial charge is 0.309 e. The second kappa shape index (κ2) is 8.68. The Morgan fingerprint density at radius 3 is 2.70 bits per heavy atom. The highest BCUT2D eigenvalue weighted by Gasteiger charge is 2.19. The minimum atomic E-state index is -0.0784. The first-order valence-corrected chi connectivity index (χ1v) is 8.95. The van der Waals surface area contributed by atoms with Crippen molar-refractivity contribution in [3.8, 4) is 0 Å². The van der Waals surface area contributed by atoms with Crippen molar-refractivity contribution in [2.75, 3.05) is 12.3 Å². The summed E-state index contributed by atoms with van der Waals surface area (Å²) in [5.41, 5.74) is 0.823. The van der Waals surface area contributed by atoms with E-state index < -0.39 is 0 Å². The van der Waals surface area contributed by atoms with Gasteiger partial charge in [0.1, 0.15) is 5.82 Å². The van der Waals surface area contributed by atoms with Crippen molar-refractivity contribution >= 4 is 11.8 Å². The molecule has 3 heteroatoms. The van der Waals surface area contributed by atoms with E-state index in [9.17, 15) is 4.39 Å². The Hall–Kier alpha value is -0.540. The fourth-order valence-corrected chi connectivity index (χ4v) is 4.23. The smallest absolute Gasteiger partial charge is 0.128 e. The van der Waals surface area contributed by atoms with Crippen molar-refractivity contribution in [3.63, 3.8) is 0 Å². The molecule has 1 aliphatic rings. The molecule has 0 heterocycles. The molecule has 1 nitrogen and oxygen atoms in total. The Morgan fingerprint density at radius 2 is 2.00 bits per heavy atom. The number of benzene rings is 1. The van der Waals surface area contributed by atoms with Crippen molar-refractivity contribution in [1.29, 1.82) is 0 Å². The molecule has 0 aromatic heterocycles. The zero-order valence-electron chi connectivity index (χ0n) is 12.4. The molecule has 20 heavy (non-hydrogen) atoms. The van der Waals surface area contributed by atoms with Gasteiger partial charge in [-0.1, -0.05) is 44.4 Å². The maximum atomic E-state index is 14.0. The van der Waals surface area contributed by atoms with Gasteiger partial charge in [-0.3, -0.25) is 0 Å². The van der Waals surface area contributed by atoms with Crippen LogP contribution in [0.3, 0.4) is 0 Å². The molecule has 112 valence electrons. The van der Waals surface area contributed by atoms with Crippen LogP contribution in [0.5, 0.6) is 0 Å². The average molecular weight is 295 g/mol. The lowest BCUT2D eigenvalue weighted by atomic mass is 10.0. The second-order valence-corrected chi connectivity index (χ2v) is 6.95. The van der Waals surface area contributed by atoms with Crippen LogP contribution in [0, 0.1) is 5.82 Å². The molecule has 0 aliphatic heterocycles. The first kappa shape index (κ1) is 15.8. The van der Waals surface area contributed by atoms with Crippen molar-refractivity contribution in [2.45, 2.75) is 56.7 Å². The molecule has 1 aromatic carbocycles. The number of thioether (sulfide) groups is 1. The predicted molar refractivity (Wildman–Crippen MR) is 86.8 cm³/mol. The van der Waals surface area contributed by atoms with Crippen LogP contribution in [0.2, 0.25) is 0 Å². The van der Waals surface area contributed by atoms with E-state index in [-0.39, 0.29) is 11.9 Å². The van der Waals surface area contributed by atoms with Crippen LogP contribution < -0.4 is 5.32 Å². The van der Waals surface area contributed by atoms with Crippen LogP contribution in [-0.4, -0.2) is 17.5 Å². The molecule has 1 saturated carbocycles. The maximum absolute atomic E-state index is 14.0. The van der Waals surface area contributed by atoms with Crippen molar-refractivity contribution in [3.05, 3.63) is 35.6 Å². The van der Waals surface area contributed by atoms with E-state index in [1.54, 1.807) is 12.1 Å². The van der Waals surface area contributed by atoms with Gasteiger partial charge in [0.25, 0.3) is 0 Å². The Labute approximate surface area is 126 Å². The van der Waals surface area contributed by atoms with Crippen LogP contribution in [0.1, 0.15) is 57.1 Å². The van der Waals surface area contributed by atoms with Gasteiger partial charge in [0.2, 0.25) is 0 Å². The molecular formula is C17H26FNS. The quantitative estimate of drug-likeness (QED) is 0.765. The lowest BCUT2D eigenvalue weighted by Gasteiger charge is -2.25. The topological polar surface area (TPSA) is 12.0 Å². The Kier molecular flexibility index (Phi) is 6.88. The van der Waals surface area contributed by atoms with Crippen LogP contribution in [0.15, 0.2) is 24.3 Å². The zero-order chi connectivity index (χ0) is 14.2. The summed E-state index contributed by atoms with van der Waals surface area (Å²) in [4.78, 5) is 0. The van der Waals surface area contributed by atoms with Crippen molar-refractivity contribution in [2.24, 2.45) is 0 Å². The minimum Gasteiger partial charge on any atom is -0.309 e. The van der Waals surface area contributed by atoms with E-state index in [0.717, 1.165) is 29.5 Å². The normalized spacial score (nSPS) is 18.1. The summed E-state index contributed by atoms with van der Waals surface area (Å²) in [5, 5.41) is 4.28. The van der Waals surface area contributed by atoms with Gasteiger partial charge in [0.05, 0.1) is 0 Å². The van der Waals surface area contributed by atoms with Crippen LogP contribution >= 0.6 is 11.8 Å². The van der Waals surface area contributed by atoms with Gasteiger partial charge in [-0.2, -0.15) is 11.8 Å². The Bertz CT molecular complexity index is 390. The highest BCUT2D eigenvalue weighted by atomic mass is 32.2. The highest BCUT2D eigenvalue weighted by Crippen LogP contribution is 2.31. The summed E-state index contributed by atoms with van der Waals surface area (Å²) in [6, 6.07) is 7.34. The lowest BCUT2D eigenvalue weighted by molar-refractivity contribution is 0.510. The maximum Gasteiger partial charge on any atom is 0.128 e. The zero-order valence-corrected chi connectivity index (χ0v) is 13.2. The molecule has 0 amide bonds. The van der Waals surface area contributed by atoms with E-state index in [1.807, 2.05) is 23.9 Å². The number of rotatable bonds is 7. The molecule has 1 fully saturated rings. The summed E-state index contributed by atoms with van der Waals surface area (Å²) < 4.78 is 14.0. The molecule has 1 aliphatic carbocycles. The van der Waals surface area contributed by atoms with Crippen LogP contribution in [0.25, 0.3) is 0 Å². The Morgan fingerprint density at radius 1 is 1.25 bits per heavy atom. The van der Waals surface area contributed by atoms with Gasteiger partial charge in [-0.25, -0.2) is 4.39 Å². The second-order valence-electron chi connectivity index (χ2n) is 5.62. The van der Waals surface area contributed by atoms with Crippen molar-refractivity contribution < 1.29 is 4.39 Å². The van der Waals surface area contributed by atoms with Gasteiger partial charge < -0.3 is 5.32 Å². The molecular weight excluding hydrogens is 269 g/mol. The third-order valence-corrected chi connectivity index (χ3v) is 5.44. The van der Waals surface area contributed by atoms with E-state index in [2.05, 4.69) is 12.2 Å². The molecule has 0 spiro atoms. The number of nitrogens with one attached hydrogen (secondary N) is 1. The van der Waals surface area contributed by atoms with E-state index >= 15 is 0 Å². The summed E-state index contributed by atoms with van der Waals surface area (Å²) in [7, 11) is 0. The highest BCUT2D eigenvalue weighted by molar-refractivity contribution is 7.99. The van der Waals surface area contributed by atoms with Crippen molar-refractivity contribution in [1.82, 2.24) is 5.32 Å². The molecule has 1 unspecified atom stereocenters. The Balaban J connectivity index is 1.94. The summed E-state index contributed by atoms with van der Waals surface area (Å²) in [6.45, 7) is 3.10. The molecule has 1 aromatic rings. The average Bonchev–Trinajstić information content (AvgIpc) is 2.49. The summed E-state index contributed by atoms with van der Waals surface area (Å²) in [5.74, 6) is 0.899. The molecule has 1 N–H and O–H groups in total. The third kappa shape index (κ3) is 4.78. The van der Waals surface area contributed by atoms with Crippen LogP contribution in [0.4, 0.5) is 4.39 Å². The molecule has 0 bridgehead atoms. The standard InChI is InChI=1S/C17H26FNS/c1-2-12-19-17(15-10-6-7-11-16(15)18)13-20-14-8-4-3-5-9-14/h6-7,10-11,14,17,19H,2-5,8-9,12-13H2,1H3. The molecule has 0 saturated heterocycles. The van der Waals surface area contributed by atoms with Gasteiger partial charge in [0.15, 0.2) is 0 Å². The number of hydrogen-bond donors (Lipinski definition) is 1. The first-order chi connectivity index (χ1) is 9.81.